The van der Waals surface area contributed by atoms with Crippen LogP contribution in [0.1, 0.15) is 10.4 Å². The smallest absolute Gasteiger partial charge is 0.269 e. The standard InChI is InChI=1S/C19H18FN5O3S/c1-25-17(14-5-3-4-6-15(14)28-2)22-24-19(25)29-11-16(26)21-23-18(27)12-7-9-13(20)10-8-12/h3-10H,11H2,1-2H3,(H,21,26)(H,23,27). The molecular weight excluding hydrogens is 397 g/mol. The Hall–Kier alpha value is -3.40. The molecule has 0 fully saturated rings. The molecule has 8 nitrogen and oxygen atoms in total. The SMILES string of the molecule is COc1ccccc1-c1nnc(SCC(=O)NNC(=O)c2ccc(F)cc2)n1C. The van der Waals surface area contributed by atoms with Crippen LogP contribution in [0.15, 0.2) is 53.7 Å². The van der Waals surface area contributed by atoms with Crippen molar-refractivity contribution in [2.75, 3.05) is 12.9 Å². The van der Waals surface area contributed by atoms with Crippen LogP contribution >= 0.6 is 11.8 Å². The van der Waals surface area contributed by atoms with Gasteiger partial charge in [-0.1, -0.05) is 23.9 Å². The third-order valence-electron chi connectivity index (χ3n) is 3.94. The third-order valence-corrected chi connectivity index (χ3v) is 4.96. The number of methoxy groups -OCH3 is 1. The number of halogens is 1. The summed E-state index contributed by atoms with van der Waals surface area (Å²) in [5.74, 6) is -0.122. The van der Waals surface area contributed by atoms with E-state index in [1.807, 2.05) is 24.3 Å². The number of hydrogen-bond acceptors (Lipinski definition) is 6. The van der Waals surface area contributed by atoms with Gasteiger partial charge in [-0.25, -0.2) is 4.39 Å². The second kappa shape index (κ2) is 9.20. The zero-order valence-corrected chi connectivity index (χ0v) is 16.5. The summed E-state index contributed by atoms with van der Waals surface area (Å²) in [6.45, 7) is 0. The Bertz CT molecular complexity index is 1020. The van der Waals surface area contributed by atoms with Crippen molar-refractivity contribution in [3.63, 3.8) is 0 Å². The van der Waals surface area contributed by atoms with Gasteiger partial charge in [-0.15, -0.1) is 10.2 Å². The van der Waals surface area contributed by atoms with Gasteiger partial charge in [0.05, 0.1) is 18.4 Å². The Labute approximate surface area is 170 Å². The van der Waals surface area contributed by atoms with Crippen molar-refractivity contribution in [3.05, 3.63) is 59.9 Å². The Morgan fingerprint density at radius 1 is 1.10 bits per heavy atom. The lowest BCUT2D eigenvalue weighted by Crippen LogP contribution is -2.42. The van der Waals surface area contributed by atoms with Crippen LogP contribution in [0, 0.1) is 5.82 Å². The Kier molecular flexibility index (Phi) is 6.45. The first kappa shape index (κ1) is 20.3. The molecule has 0 saturated carbocycles. The van der Waals surface area contributed by atoms with Crippen LogP contribution in [0.2, 0.25) is 0 Å². The van der Waals surface area contributed by atoms with E-state index in [4.69, 9.17) is 4.74 Å². The molecule has 0 aliphatic carbocycles. The summed E-state index contributed by atoms with van der Waals surface area (Å²) in [7, 11) is 3.37. The second-order valence-corrected chi connectivity index (χ2v) is 6.81. The first-order chi connectivity index (χ1) is 14.0. The number of hydrogen-bond donors (Lipinski definition) is 2. The minimum absolute atomic E-state index is 0.0155. The molecule has 2 aromatic carbocycles. The molecule has 0 bridgehead atoms. The van der Waals surface area contributed by atoms with Crippen molar-refractivity contribution in [2.24, 2.45) is 7.05 Å². The fraction of sp³-hybridized carbons (Fsp3) is 0.158. The molecule has 2 N–H and O–H groups in total. The molecule has 0 aliphatic heterocycles. The largest absolute Gasteiger partial charge is 0.496 e. The molecular formula is C19H18FN5O3S. The van der Waals surface area contributed by atoms with Crippen LogP contribution in [0.3, 0.4) is 0 Å². The van der Waals surface area contributed by atoms with Gasteiger partial charge in [0.1, 0.15) is 11.6 Å². The van der Waals surface area contributed by atoms with E-state index in [-0.39, 0.29) is 11.3 Å². The van der Waals surface area contributed by atoms with Gasteiger partial charge in [-0.3, -0.25) is 20.4 Å². The Morgan fingerprint density at radius 2 is 1.83 bits per heavy atom. The summed E-state index contributed by atoms with van der Waals surface area (Å²) in [6, 6.07) is 12.4. The third kappa shape index (κ3) is 4.91. The van der Waals surface area contributed by atoms with Crippen LogP contribution in [0.25, 0.3) is 11.4 Å². The number of carbonyl (C=O) groups excluding carboxylic acids is 2. The lowest BCUT2D eigenvalue weighted by atomic mass is 10.2. The maximum absolute atomic E-state index is 12.9. The molecule has 3 rings (SSSR count). The van der Waals surface area contributed by atoms with Crippen molar-refractivity contribution in [3.8, 4) is 17.1 Å². The zero-order chi connectivity index (χ0) is 20.8. The van der Waals surface area contributed by atoms with E-state index in [0.29, 0.717) is 16.7 Å². The number of hydrazine groups is 1. The van der Waals surface area contributed by atoms with Crippen molar-refractivity contribution in [2.45, 2.75) is 5.16 Å². The average molecular weight is 415 g/mol. The molecule has 0 atom stereocenters. The number of thioether (sulfide) groups is 1. The molecule has 1 heterocycles. The second-order valence-electron chi connectivity index (χ2n) is 5.86. The highest BCUT2D eigenvalue weighted by molar-refractivity contribution is 7.99. The number of ether oxygens (including phenoxy) is 1. The van der Waals surface area contributed by atoms with E-state index in [1.165, 1.54) is 36.0 Å². The highest BCUT2D eigenvalue weighted by Gasteiger charge is 2.16. The molecule has 0 radical (unpaired) electrons. The molecule has 0 saturated heterocycles. The van der Waals surface area contributed by atoms with E-state index < -0.39 is 17.6 Å². The van der Waals surface area contributed by atoms with Gasteiger partial charge in [0.15, 0.2) is 11.0 Å². The summed E-state index contributed by atoms with van der Waals surface area (Å²) >= 11 is 1.17. The minimum atomic E-state index is -0.541. The molecule has 0 unspecified atom stereocenters. The number of para-hydroxylation sites is 1. The summed E-state index contributed by atoms with van der Waals surface area (Å²) in [6.07, 6.45) is 0. The van der Waals surface area contributed by atoms with E-state index in [9.17, 15) is 14.0 Å². The molecule has 29 heavy (non-hydrogen) atoms. The zero-order valence-electron chi connectivity index (χ0n) is 15.7. The van der Waals surface area contributed by atoms with E-state index in [0.717, 1.165) is 5.56 Å². The number of rotatable bonds is 6. The summed E-state index contributed by atoms with van der Waals surface area (Å²) < 4.78 is 20.0. The minimum Gasteiger partial charge on any atom is -0.496 e. The fourth-order valence-electron chi connectivity index (χ4n) is 2.47. The molecule has 150 valence electrons. The van der Waals surface area contributed by atoms with E-state index in [1.54, 1.807) is 18.7 Å². The summed E-state index contributed by atoms with van der Waals surface area (Å²) in [5.41, 5.74) is 5.61. The van der Waals surface area contributed by atoms with Crippen LogP contribution in [0.5, 0.6) is 5.75 Å². The molecule has 0 aliphatic rings. The lowest BCUT2D eigenvalue weighted by Gasteiger charge is -2.09. The monoisotopic (exact) mass is 415 g/mol. The number of benzene rings is 2. The number of nitrogens with zero attached hydrogens (tertiary/aromatic N) is 3. The average Bonchev–Trinajstić information content (AvgIpc) is 3.11. The van der Waals surface area contributed by atoms with Crippen LogP contribution in [-0.4, -0.2) is 39.4 Å². The van der Waals surface area contributed by atoms with Crippen LogP contribution in [0.4, 0.5) is 4.39 Å². The number of aromatic nitrogens is 3. The highest BCUT2D eigenvalue weighted by atomic mass is 32.2. The number of nitrogens with one attached hydrogen (secondary N) is 2. The maximum atomic E-state index is 12.9. The van der Waals surface area contributed by atoms with Gasteiger partial charge in [0.25, 0.3) is 5.91 Å². The molecule has 10 heteroatoms. The van der Waals surface area contributed by atoms with Gasteiger partial charge >= 0.3 is 0 Å². The topological polar surface area (TPSA) is 98.1 Å². The van der Waals surface area contributed by atoms with Gasteiger partial charge in [0, 0.05) is 12.6 Å². The van der Waals surface area contributed by atoms with Crippen molar-refractivity contribution >= 4 is 23.6 Å². The van der Waals surface area contributed by atoms with Crippen LogP contribution in [-0.2, 0) is 11.8 Å². The quantitative estimate of drug-likeness (QED) is 0.473. The van der Waals surface area contributed by atoms with Crippen molar-refractivity contribution in [1.82, 2.24) is 25.6 Å². The lowest BCUT2D eigenvalue weighted by molar-refractivity contribution is -0.119. The first-order valence-corrected chi connectivity index (χ1v) is 9.48. The fourth-order valence-corrected chi connectivity index (χ4v) is 3.18. The molecule has 3 aromatic rings. The number of carbonyl (C=O) groups is 2. The molecule has 2 amide bonds. The Balaban J connectivity index is 1.56. The van der Waals surface area contributed by atoms with Gasteiger partial charge in [-0.05, 0) is 36.4 Å². The van der Waals surface area contributed by atoms with Crippen molar-refractivity contribution in [1.29, 1.82) is 0 Å². The van der Waals surface area contributed by atoms with Gasteiger partial charge in [-0.2, -0.15) is 0 Å². The maximum Gasteiger partial charge on any atom is 0.269 e. The first-order valence-electron chi connectivity index (χ1n) is 8.50. The predicted molar refractivity (Wildman–Crippen MR) is 106 cm³/mol. The van der Waals surface area contributed by atoms with E-state index in [2.05, 4.69) is 21.0 Å². The van der Waals surface area contributed by atoms with Gasteiger partial charge in [0.2, 0.25) is 5.91 Å². The predicted octanol–water partition coefficient (Wildman–Crippen LogP) is 2.18. The number of amides is 2. The van der Waals surface area contributed by atoms with Gasteiger partial charge < -0.3 is 9.30 Å². The van der Waals surface area contributed by atoms with E-state index >= 15 is 0 Å². The summed E-state index contributed by atoms with van der Waals surface area (Å²) in [4.78, 5) is 23.9. The Morgan fingerprint density at radius 3 is 2.55 bits per heavy atom. The normalized spacial score (nSPS) is 10.4. The molecule has 0 spiro atoms. The molecule has 1 aromatic heterocycles. The summed E-state index contributed by atoms with van der Waals surface area (Å²) in [5, 5.41) is 8.81. The highest BCUT2D eigenvalue weighted by Crippen LogP contribution is 2.29. The van der Waals surface area contributed by atoms with Crippen LogP contribution < -0.4 is 15.6 Å². The van der Waals surface area contributed by atoms with Crippen molar-refractivity contribution < 1.29 is 18.7 Å².